The van der Waals surface area contributed by atoms with Gasteiger partial charge < -0.3 is 10.8 Å². The predicted octanol–water partition coefficient (Wildman–Crippen LogP) is 0.444. The van der Waals surface area contributed by atoms with Crippen molar-refractivity contribution in [3.05, 3.63) is 29.6 Å². The lowest BCUT2D eigenvalue weighted by Crippen LogP contribution is -2.21. The summed E-state index contributed by atoms with van der Waals surface area (Å²) in [6.07, 6.45) is 0. The van der Waals surface area contributed by atoms with Crippen molar-refractivity contribution in [3.8, 4) is 0 Å². The van der Waals surface area contributed by atoms with Crippen molar-refractivity contribution in [2.75, 3.05) is 0 Å². The van der Waals surface area contributed by atoms with Crippen LogP contribution in [0.1, 0.15) is 11.6 Å². The summed E-state index contributed by atoms with van der Waals surface area (Å²) >= 11 is 0. The van der Waals surface area contributed by atoms with Crippen molar-refractivity contribution >= 4 is 5.97 Å². The number of carboxylic acids is 1. The van der Waals surface area contributed by atoms with Gasteiger partial charge in [-0.2, -0.15) is 13.8 Å². The van der Waals surface area contributed by atoms with Crippen molar-refractivity contribution in [1.82, 2.24) is 4.98 Å². The molecule has 0 aliphatic carbocycles. The van der Waals surface area contributed by atoms with E-state index in [9.17, 15) is 13.6 Å². The van der Waals surface area contributed by atoms with Gasteiger partial charge in [-0.1, -0.05) is 0 Å². The third-order valence-corrected chi connectivity index (χ3v) is 1.41. The molecule has 0 aliphatic heterocycles. The topological polar surface area (TPSA) is 76.2 Å². The first-order chi connectivity index (χ1) is 6.00. The molecule has 6 heteroatoms. The van der Waals surface area contributed by atoms with E-state index in [0.29, 0.717) is 0 Å². The van der Waals surface area contributed by atoms with Crippen LogP contribution in [0.25, 0.3) is 0 Å². The highest BCUT2D eigenvalue weighted by molar-refractivity contribution is 5.75. The minimum atomic E-state index is -1.44. The Morgan fingerprint density at radius 1 is 1.46 bits per heavy atom. The van der Waals surface area contributed by atoms with E-state index in [1.807, 2.05) is 0 Å². The molecule has 0 saturated carbocycles. The van der Waals surface area contributed by atoms with Crippen LogP contribution in [0.4, 0.5) is 8.78 Å². The zero-order valence-electron chi connectivity index (χ0n) is 6.37. The zero-order valence-corrected chi connectivity index (χ0v) is 6.37. The Morgan fingerprint density at radius 3 is 2.31 bits per heavy atom. The highest BCUT2D eigenvalue weighted by atomic mass is 19.1. The van der Waals surface area contributed by atoms with Gasteiger partial charge in [0.2, 0.25) is 11.9 Å². The fourth-order valence-electron chi connectivity index (χ4n) is 0.805. The molecule has 13 heavy (non-hydrogen) atoms. The Kier molecular flexibility index (Phi) is 2.52. The number of halogens is 2. The van der Waals surface area contributed by atoms with E-state index in [1.165, 1.54) is 0 Å². The maximum absolute atomic E-state index is 12.5. The lowest BCUT2D eigenvalue weighted by Gasteiger charge is -2.05. The Hall–Kier alpha value is -1.56. The van der Waals surface area contributed by atoms with Crippen LogP contribution in [0.3, 0.4) is 0 Å². The molecular weight excluding hydrogens is 182 g/mol. The molecule has 0 aromatic carbocycles. The van der Waals surface area contributed by atoms with E-state index in [2.05, 4.69) is 4.98 Å². The number of aromatic nitrogens is 1. The molecule has 0 spiro atoms. The zero-order chi connectivity index (χ0) is 10.0. The maximum Gasteiger partial charge on any atom is 0.325 e. The van der Waals surface area contributed by atoms with E-state index in [-0.39, 0.29) is 5.56 Å². The van der Waals surface area contributed by atoms with Crippen molar-refractivity contribution in [3.63, 3.8) is 0 Å². The third-order valence-electron chi connectivity index (χ3n) is 1.41. The van der Waals surface area contributed by atoms with E-state index >= 15 is 0 Å². The van der Waals surface area contributed by atoms with Crippen LogP contribution in [0.5, 0.6) is 0 Å². The largest absolute Gasteiger partial charge is 0.480 e. The Bertz CT molecular complexity index is 323. The highest BCUT2D eigenvalue weighted by Crippen LogP contribution is 2.11. The molecule has 0 aliphatic rings. The van der Waals surface area contributed by atoms with E-state index in [4.69, 9.17) is 10.8 Å². The molecule has 0 amide bonds. The summed E-state index contributed by atoms with van der Waals surface area (Å²) in [5.41, 5.74) is 4.96. The minimum absolute atomic E-state index is 0.155. The van der Waals surface area contributed by atoms with Gasteiger partial charge in [-0.3, -0.25) is 4.79 Å². The summed E-state index contributed by atoms with van der Waals surface area (Å²) in [6, 6.07) is 0.121. The molecule has 0 fully saturated rings. The van der Waals surface area contributed by atoms with E-state index < -0.39 is 23.9 Å². The first-order valence-electron chi connectivity index (χ1n) is 3.32. The summed E-state index contributed by atoms with van der Waals surface area (Å²) in [4.78, 5) is 13.1. The van der Waals surface area contributed by atoms with Crippen LogP contribution in [-0.4, -0.2) is 16.1 Å². The summed E-state index contributed by atoms with van der Waals surface area (Å²) < 4.78 is 24.9. The van der Waals surface area contributed by atoms with Gasteiger partial charge in [0.1, 0.15) is 6.04 Å². The molecule has 70 valence electrons. The van der Waals surface area contributed by atoms with Gasteiger partial charge >= 0.3 is 5.97 Å². The third kappa shape index (κ3) is 2.19. The van der Waals surface area contributed by atoms with Gasteiger partial charge in [-0.05, 0) is 17.7 Å². The summed E-state index contributed by atoms with van der Waals surface area (Å²) in [5.74, 6) is -3.54. The lowest BCUT2D eigenvalue weighted by molar-refractivity contribution is -0.138. The Morgan fingerprint density at radius 2 is 1.92 bits per heavy atom. The van der Waals surface area contributed by atoms with Gasteiger partial charge in [-0.25, -0.2) is 0 Å². The summed E-state index contributed by atoms with van der Waals surface area (Å²) in [5, 5.41) is 8.43. The van der Waals surface area contributed by atoms with Crippen LogP contribution in [0, 0.1) is 11.9 Å². The first-order valence-corrected chi connectivity index (χ1v) is 3.32. The van der Waals surface area contributed by atoms with Gasteiger partial charge in [0, 0.05) is 0 Å². The number of nitrogens with two attached hydrogens (primary N) is 1. The number of carbonyl (C=O) groups is 1. The molecule has 3 N–H and O–H groups in total. The number of hydrogen-bond acceptors (Lipinski definition) is 3. The summed E-state index contributed by atoms with van der Waals surface area (Å²) in [7, 11) is 0. The van der Waals surface area contributed by atoms with Crippen molar-refractivity contribution in [1.29, 1.82) is 0 Å². The van der Waals surface area contributed by atoms with Gasteiger partial charge in [-0.15, -0.1) is 0 Å². The molecule has 4 nitrogen and oxygen atoms in total. The fraction of sp³-hybridized carbons (Fsp3) is 0.143. The van der Waals surface area contributed by atoms with Crippen LogP contribution in [-0.2, 0) is 4.79 Å². The van der Waals surface area contributed by atoms with Crippen molar-refractivity contribution < 1.29 is 18.7 Å². The van der Waals surface area contributed by atoms with Crippen LogP contribution in [0.2, 0.25) is 0 Å². The molecule has 1 rings (SSSR count). The van der Waals surface area contributed by atoms with Crippen LogP contribution >= 0.6 is 0 Å². The van der Waals surface area contributed by atoms with Crippen molar-refractivity contribution in [2.45, 2.75) is 6.04 Å². The minimum Gasteiger partial charge on any atom is -0.480 e. The first kappa shape index (κ1) is 9.53. The molecule has 0 unspecified atom stereocenters. The van der Waals surface area contributed by atoms with Gasteiger partial charge in [0.05, 0.1) is 0 Å². The average Bonchev–Trinajstić information content (AvgIpc) is 2.01. The fourth-order valence-corrected chi connectivity index (χ4v) is 0.805. The quantitative estimate of drug-likeness (QED) is 0.660. The van der Waals surface area contributed by atoms with Gasteiger partial charge in [0.15, 0.2) is 0 Å². The summed E-state index contributed by atoms with van der Waals surface area (Å²) in [6.45, 7) is 0. The SMILES string of the molecule is N[C@@H](C(=O)O)c1cc(F)nc(F)c1. The van der Waals surface area contributed by atoms with Crippen molar-refractivity contribution in [2.24, 2.45) is 5.73 Å². The molecule has 0 bridgehead atoms. The number of nitrogens with zero attached hydrogens (tertiary/aromatic N) is 1. The number of hydrogen-bond donors (Lipinski definition) is 2. The van der Waals surface area contributed by atoms with E-state index in [1.54, 1.807) is 0 Å². The molecular formula is C7H6F2N2O2. The van der Waals surface area contributed by atoms with Crippen LogP contribution < -0.4 is 5.73 Å². The lowest BCUT2D eigenvalue weighted by atomic mass is 10.1. The standard InChI is InChI=1S/C7H6F2N2O2/c8-4-1-3(2-5(9)11-4)6(10)7(12)13/h1-2,6H,10H2,(H,12,13)/t6-/m1/s1. The number of carboxylic acid groups (broad SMARTS) is 1. The molecule has 1 heterocycles. The maximum atomic E-state index is 12.5. The normalized spacial score (nSPS) is 12.5. The van der Waals surface area contributed by atoms with Gasteiger partial charge in [0.25, 0.3) is 0 Å². The number of aliphatic carboxylic acids is 1. The second-order valence-corrected chi connectivity index (χ2v) is 2.36. The number of pyridine rings is 1. The molecule has 0 radical (unpaired) electrons. The van der Waals surface area contributed by atoms with E-state index in [0.717, 1.165) is 12.1 Å². The number of rotatable bonds is 2. The Labute approximate surface area is 72.0 Å². The highest BCUT2D eigenvalue weighted by Gasteiger charge is 2.16. The molecule has 1 aromatic rings. The second kappa shape index (κ2) is 3.44. The Balaban J connectivity index is 3.07. The second-order valence-electron chi connectivity index (χ2n) is 2.36. The molecule has 1 atom stereocenters. The smallest absolute Gasteiger partial charge is 0.325 e. The van der Waals surface area contributed by atoms with Crippen LogP contribution in [0.15, 0.2) is 12.1 Å². The molecule has 1 aromatic heterocycles. The average molecular weight is 188 g/mol. The molecule has 0 saturated heterocycles. The predicted molar refractivity (Wildman–Crippen MR) is 38.7 cm³/mol. The monoisotopic (exact) mass is 188 g/mol.